The van der Waals surface area contributed by atoms with Crippen LogP contribution in [0.5, 0.6) is 0 Å². The minimum atomic E-state index is -4.84. The molecule has 32 heavy (non-hydrogen) atoms. The number of fused-ring (bicyclic) bond motifs is 3. The lowest BCUT2D eigenvalue weighted by molar-refractivity contribution is -0.116. The van der Waals surface area contributed by atoms with E-state index >= 15 is 0 Å². The van der Waals surface area contributed by atoms with Gasteiger partial charge < -0.3 is 5.32 Å². The van der Waals surface area contributed by atoms with E-state index in [1.165, 1.54) is 18.2 Å². The van der Waals surface area contributed by atoms with Crippen molar-refractivity contribution in [3.05, 3.63) is 65.5 Å². The molecule has 2 heterocycles. The van der Waals surface area contributed by atoms with Crippen molar-refractivity contribution in [2.45, 2.75) is 37.3 Å². The summed E-state index contributed by atoms with van der Waals surface area (Å²) in [5.41, 5.74) is 3.82. The minimum absolute atomic E-state index is 0.0126. The van der Waals surface area contributed by atoms with Crippen molar-refractivity contribution in [1.82, 2.24) is 14.6 Å². The minimum Gasteiger partial charge on any atom is -0.325 e. The summed E-state index contributed by atoms with van der Waals surface area (Å²) in [6.45, 7) is 3.75. The number of carbonyl (C=O) groups is 1. The van der Waals surface area contributed by atoms with Crippen LogP contribution in [-0.2, 0) is 21.1 Å². The van der Waals surface area contributed by atoms with E-state index in [0.717, 1.165) is 39.6 Å². The summed E-state index contributed by atoms with van der Waals surface area (Å²) in [7, 11) is -4.84. The van der Waals surface area contributed by atoms with Gasteiger partial charge in [-0.2, -0.15) is 13.9 Å². The zero-order chi connectivity index (χ0) is 23.0. The molecule has 0 atom stereocenters. The van der Waals surface area contributed by atoms with E-state index in [4.69, 9.17) is 0 Å². The van der Waals surface area contributed by atoms with Gasteiger partial charge in [-0.15, -0.1) is 0 Å². The molecule has 0 fully saturated rings. The summed E-state index contributed by atoms with van der Waals surface area (Å²) in [5.74, 6) is -4.07. The van der Waals surface area contributed by atoms with Gasteiger partial charge in [-0.05, 0) is 50.1 Å². The topological polar surface area (TPSA) is 93.4 Å². The Morgan fingerprint density at radius 1 is 1.09 bits per heavy atom. The number of carbonyl (C=O) groups excluding carboxylic acids is 1. The molecule has 10 heteroatoms. The lowest BCUT2D eigenvalue weighted by Gasteiger charge is -2.13. The average molecular weight is 458 g/mol. The number of aryl methyl sites for hydroxylation is 2. The SMILES string of the molecule is Cc1nc2c3ccccc3nn2c(C)c1CCC(=O)Nc1ccccc1S(=O)(=O)C(F)F. The average Bonchev–Trinajstić information content (AvgIpc) is 3.12. The first-order valence-corrected chi connectivity index (χ1v) is 11.4. The predicted octanol–water partition coefficient (Wildman–Crippen LogP) is 4.07. The summed E-state index contributed by atoms with van der Waals surface area (Å²) >= 11 is 0. The molecule has 166 valence electrons. The fourth-order valence-electron chi connectivity index (χ4n) is 3.70. The quantitative estimate of drug-likeness (QED) is 0.470. The number of anilines is 1. The van der Waals surface area contributed by atoms with Crippen LogP contribution in [-0.4, -0.2) is 34.7 Å². The molecule has 0 aliphatic heterocycles. The molecule has 0 saturated carbocycles. The van der Waals surface area contributed by atoms with Gasteiger partial charge in [-0.3, -0.25) is 4.79 Å². The van der Waals surface area contributed by atoms with Crippen molar-refractivity contribution in [2.75, 3.05) is 5.32 Å². The summed E-state index contributed by atoms with van der Waals surface area (Å²) in [6.07, 6.45) is 0.338. The number of rotatable bonds is 6. The third-order valence-corrected chi connectivity index (χ3v) is 6.76. The van der Waals surface area contributed by atoms with Crippen molar-refractivity contribution >= 4 is 38.0 Å². The molecule has 1 N–H and O–H groups in total. The highest BCUT2D eigenvalue weighted by Crippen LogP contribution is 2.27. The molecule has 2 aromatic carbocycles. The predicted molar refractivity (Wildman–Crippen MR) is 117 cm³/mol. The number of benzene rings is 2. The Morgan fingerprint density at radius 3 is 2.53 bits per heavy atom. The fraction of sp³-hybridized carbons (Fsp3) is 0.227. The highest BCUT2D eigenvalue weighted by Gasteiger charge is 2.29. The van der Waals surface area contributed by atoms with Crippen LogP contribution in [0, 0.1) is 13.8 Å². The van der Waals surface area contributed by atoms with Crippen LogP contribution in [0.3, 0.4) is 0 Å². The molecule has 0 radical (unpaired) electrons. The van der Waals surface area contributed by atoms with Crippen molar-refractivity contribution in [2.24, 2.45) is 0 Å². The second-order valence-corrected chi connectivity index (χ2v) is 9.25. The number of alkyl halides is 2. The maximum atomic E-state index is 13.0. The molecule has 0 aliphatic rings. The number of amides is 1. The fourth-order valence-corrected chi connectivity index (χ4v) is 4.59. The first kappa shape index (κ1) is 21.8. The standard InChI is InChI=1S/C22H20F2N4O3S/c1-13-15(14(2)28-21(25-13)16-7-3-4-8-17(16)27-28)11-12-20(29)26-18-9-5-6-10-19(18)32(30,31)22(23)24/h3-10,22H,11-12H2,1-2H3,(H,26,29). The molecular formula is C22H20F2N4O3S. The summed E-state index contributed by atoms with van der Waals surface area (Å²) in [5, 5.41) is 7.96. The van der Waals surface area contributed by atoms with Gasteiger partial charge in [0.2, 0.25) is 15.7 Å². The Hall–Kier alpha value is -3.40. The van der Waals surface area contributed by atoms with Gasteiger partial charge in [0.15, 0.2) is 5.65 Å². The Bertz CT molecular complexity index is 1450. The van der Waals surface area contributed by atoms with E-state index in [-0.39, 0.29) is 12.1 Å². The largest absolute Gasteiger partial charge is 0.341 e. The summed E-state index contributed by atoms with van der Waals surface area (Å²) < 4.78 is 51.4. The lowest BCUT2D eigenvalue weighted by atomic mass is 10.1. The van der Waals surface area contributed by atoms with Crippen LogP contribution in [0.1, 0.15) is 23.4 Å². The molecule has 0 spiro atoms. The molecule has 4 aromatic rings. The Balaban J connectivity index is 1.57. The molecule has 0 saturated heterocycles. The third kappa shape index (κ3) is 3.81. The second-order valence-electron chi connectivity index (χ2n) is 7.36. The van der Waals surface area contributed by atoms with Gasteiger partial charge in [0, 0.05) is 23.2 Å². The number of halogens is 2. The van der Waals surface area contributed by atoms with Gasteiger partial charge in [0.1, 0.15) is 0 Å². The number of sulfone groups is 1. The first-order valence-electron chi connectivity index (χ1n) is 9.84. The number of hydrogen-bond acceptors (Lipinski definition) is 5. The Labute approximate surface area is 183 Å². The molecule has 4 rings (SSSR count). The second kappa shape index (κ2) is 8.27. The number of nitrogens with zero attached hydrogens (tertiary/aromatic N) is 3. The normalized spacial score (nSPS) is 12.0. The maximum Gasteiger partial charge on any atom is 0.341 e. The van der Waals surface area contributed by atoms with Crippen LogP contribution < -0.4 is 5.32 Å². The third-order valence-electron chi connectivity index (χ3n) is 5.32. The van der Waals surface area contributed by atoms with E-state index in [0.29, 0.717) is 6.42 Å². The van der Waals surface area contributed by atoms with E-state index in [1.807, 2.05) is 38.1 Å². The van der Waals surface area contributed by atoms with Crippen molar-refractivity contribution in [3.8, 4) is 0 Å². The van der Waals surface area contributed by atoms with Crippen molar-refractivity contribution < 1.29 is 22.0 Å². The smallest absolute Gasteiger partial charge is 0.325 e. The highest BCUT2D eigenvalue weighted by atomic mass is 32.2. The van der Waals surface area contributed by atoms with Crippen LogP contribution in [0.2, 0.25) is 0 Å². The zero-order valence-corrected chi connectivity index (χ0v) is 18.2. The maximum absolute atomic E-state index is 13.0. The molecule has 2 aromatic heterocycles. The molecular weight excluding hydrogens is 438 g/mol. The van der Waals surface area contributed by atoms with Gasteiger partial charge in [-0.1, -0.05) is 24.3 Å². The highest BCUT2D eigenvalue weighted by molar-refractivity contribution is 7.91. The van der Waals surface area contributed by atoms with E-state index < -0.39 is 26.4 Å². The molecule has 1 amide bonds. The number of hydrogen-bond donors (Lipinski definition) is 1. The molecule has 0 aliphatic carbocycles. The lowest BCUT2D eigenvalue weighted by Crippen LogP contribution is -2.18. The first-order chi connectivity index (χ1) is 15.2. The number of aromatic nitrogens is 3. The van der Waals surface area contributed by atoms with Crippen molar-refractivity contribution in [3.63, 3.8) is 0 Å². The monoisotopic (exact) mass is 458 g/mol. The van der Waals surface area contributed by atoms with Gasteiger partial charge in [0.05, 0.1) is 16.1 Å². The Morgan fingerprint density at radius 2 is 1.78 bits per heavy atom. The van der Waals surface area contributed by atoms with Crippen LogP contribution in [0.25, 0.3) is 16.6 Å². The van der Waals surface area contributed by atoms with E-state index in [2.05, 4.69) is 15.4 Å². The van der Waals surface area contributed by atoms with E-state index in [9.17, 15) is 22.0 Å². The number of para-hydroxylation sites is 1. The summed E-state index contributed by atoms with van der Waals surface area (Å²) in [6, 6.07) is 12.8. The summed E-state index contributed by atoms with van der Waals surface area (Å²) in [4.78, 5) is 16.6. The van der Waals surface area contributed by atoms with Gasteiger partial charge in [0.25, 0.3) is 0 Å². The van der Waals surface area contributed by atoms with Crippen LogP contribution >= 0.6 is 0 Å². The zero-order valence-electron chi connectivity index (χ0n) is 17.3. The molecule has 0 bridgehead atoms. The van der Waals surface area contributed by atoms with Crippen molar-refractivity contribution in [1.29, 1.82) is 0 Å². The molecule has 7 nitrogen and oxygen atoms in total. The Kier molecular flexibility index (Phi) is 5.64. The van der Waals surface area contributed by atoms with Crippen LogP contribution in [0.4, 0.5) is 14.5 Å². The number of nitrogens with one attached hydrogen (secondary N) is 1. The van der Waals surface area contributed by atoms with Gasteiger partial charge >= 0.3 is 5.76 Å². The van der Waals surface area contributed by atoms with Gasteiger partial charge in [-0.25, -0.2) is 17.9 Å². The van der Waals surface area contributed by atoms with Crippen LogP contribution in [0.15, 0.2) is 53.4 Å². The van der Waals surface area contributed by atoms with E-state index in [1.54, 1.807) is 4.52 Å². The molecule has 0 unspecified atom stereocenters.